The number of hydrogen-bond acceptors (Lipinski definition) is 3. The Kier molecular flexibility index (Phi) is 3.51. The Hall–Kier alpha value is -1.00. The van der Waals surface area contributed by atoms with Crippen LogP contribution < -0.4 is 4.90 Å². The molecule has 1 atom stereocenters. The van der Waals surface area contributed by atoms with E-state index in [9.17, 15) is 4.79 Å². The molecule has 1 aromatic rings. The lowest BCUT2D eigenvalue weighted by atomic mass is 10.2. The van der Waals surface area contributed by atoms with E-state index in [0.29, 0.717) is 19.6 Å². The summed E-state index contributed by atoms with van der Waals surface area (Å²) in [6, 6.07) is 7.88. The van der Waals surface area contributed by atoms with Crippen LogP contribution in [0.5, 0.6) is 0 Å². The van der Waals surface area contributed by atoms with Crippen LogP contribution in [0.2, 0.25) is 0 Å². The molecule has 3 nitrogen and oxygen atoms in total. The average molecular weight is 237 g/mol. The first-order chi connectivity index (χ1) is 7.70. The van der Waals surface area contributed by atoms with Crippen LogP contribution in [0.3, 0.4) is 0 Å². The molecule has 1 aliphatic rings. The van der Waals surface area contributed by atoms with E-state index in [2.05, 4.69) is 12.6 Å². The van der Waals surface area contributed by atoms with E-state index in [1.54, 1.807) is 12.0 Å². The highest BCUT2D eigenvalue weighted by atomic mass is 32.1. The number of ether oxygens (including phenoxy) is 1. The summed E-state index contributed by atoms with van der Waals surface area (Å²) >= 11 is 4.34. The third-order valence-electron chi connectivity index (χ3n) is 2.64. The molecule has 1 heterocycles. The molecule has 1 unspecified atom stereocenters. The number of hydrogen-bond donors (Lipinski definition) is 1. The number of carbonyl (C=O) groups excluding carboxylic acids is 1. The van der Waals surface area contributed by atoms with Gasteiger partial charge in [0.05, 0.1) is 6.61 Å². The van der Waals surface area contributed by atoms with Crippen molar-refractivity contribution in [2.24, 2.45) is 0 Å². The van der Waals surface area contributed by atoms with Gasteiger partial charge in [0.25, 0.3) is 0 Å². The van der Waals surface area contributed by atoms with Crippen molar-refractivity contribution in [3.8, 4) is 0 Å². The number of methoxy groups -OCH3 is 1. The molecule has 0 aliphatic carbocycles. The van der Waals surface area contributed by atoms with Crippen molar-refractivity contribution >= 4 is 24.2 Å². The molecule has 86 valence electrons. The minimum absolute atomic E-state index is 0.148. The molecule has 16 heavy (non-hydrogen) atoms. The topological polar surface area (TPSA) is 29.5 Å². The highest BCUT2D eigenvalue weighted by molar-refractivity contribution is 7.81. The Labute approximate surface area is 101 Å². The van der Waals surface area contributed by atoms with Gasteiger partial charge in [0, 0.05) is 31.0 Å². The van der Waals surface area contributed by atoms with E-state index in [4.69, 9.17) is 4.74 Å². The number of anilines is 1. The average Bonchev–Trinajstić information content (AvgIpc) is 2.59. The molecule has 1 aromatic carbocycles. The lowest BCUT2D eigenvalue weighted by molar-refractivity contribution is -0.117. The zero-order valence-corrected chi connectivity index (χ0v) is 10.1. The molecule has 0 spiro atoms. The van der Waals surface area contributed by atoms with Crippen molar-refractivity contribution in [2.45, 2.75) is 18.3 Å². The number of rotatable bonds is 3. The Morgan fingerprint density at radius 1 is 1.56 bits per heavy atom. The zero-order chi connectivity index (χ0) is 11.5. The number of amides is 1. The summed E-state index contributed by atoms with van der Waals surface area (Å²) in [5.41, 5.74) is 2.02. The van der Waals surface area contributed by atoms with Crippen LogP contribution in [0.1, 0.15) is 12.0 Å². The molecule has 4 heteroatoms. The summed E-state index contributed by atoms with van der Waals surface area (Å²) < 4.78 is 5.07. The van der Waals surface area contributed by atoms with E-state index in [1.165, 1.54) is 0 Å². The van der Waals surface area contributed by atoms with Crippen molar-refractivity contribution in [3.05, 3.63) is 29.8 Å². The third-order valence-corrected chi connectivity index (χ3v) is 2.98. The molecule has 1 saturated heterocycles. The molecular weight excluding hydrogens is 222 g/mol. The SMILES string of the molecule is COCc1cccc(N2CC(S)CC2=O)c1. The van der Waals surface area contributed by atoms with Crippen LogP contribution in [0, 0.1) is 0 Å². The van der Waals surface area contributed by atoms with Crippen molar-refractivity contribution in [1.82, 2.24) is 0 Å². The zero-order valence-electron chi connectivity index (χ0n) is 9.22. The van der Waals surface area contributed by atoms with Crippen molar-refractivity contribution in [1.29, 1.82) is 0 Å². The van der Waals surface area contributed by atoms with E-state index >= 15 is 0 Å². The minimum atomic E-state index is 0.148. The number of thiol groups is 1. The third kappa shape index (κ3) is 2.39. The van der Waals surface area contributed by atoms with Gasteiger partial charge in [-0.3, -0.25) is 4.79 Å². The van der Waals surface area contributed by atoms with Gasteiger partial charge in [0.15, 0.2) is 0 Å². The fraction of sp³-hybridized carbons (Fsp3) is 0.417. The maximum Gasteiger partial charge on any atom is 0.228 e. The van der Waals surface area contributed by atoms with E-state index < -0.39 is 0 Å². The normalized spacial score (nSPS) is 20.5. The molecule has 0 aromatic heterocycles. The van der Waals surface area contributed by atoms with Gasteiger partial charge in [0.2, 0.25) is 5.91 Å². The molecule has 0 saturated carbocycles. The predicted octanol–water partition coefficient (Wildman–Crippen LogP) is 1.87. The quantitative estimate of drug-likeness (QED) is 0.813. The van der Waals surface area contributed by atoms with Crippen molar-refractivity contribution in [2.75, 3.05) is 18.6 Å². The predicted molar refractivity (Wildman–Crippen MR) is 66.9 cm³/mol. The van der Waals surface area contributed by atoms with Crippen LogP contribution >= 0.6 is 12.6 Å². The second-order valence-corrected chi connectivity index (χ2v) is 4.70. The van der Waals surface area contributed by atoms with Gasteiger partial charge in [-0.1, -0.05) is 12.1 Å². The van der Waals surface area contributed by atoms with Gasteiger partial charge in [-0.05, 0) is 17.7 Å². The summed E-state index contributed by atoms with van der Waals surface area (Å²) in [5, 5.41) is 0.151. The molecule has 1 aliphatic heterocycles. The van der Waals surface area contributed by atoms with Gasteiger partial charge < -0.3 is 9.64 Å². The standard InChI is InChI=1S/C12H15NO2S/c1-15-8-9-3-2-4-10(5-9)13-7-11(16)6-12(13)14/h2-5,11,16H,6-8H2,1H3. The summed E-state index contributed by atoms with van der Waals surface area (Å²) in [4.78, 5) is 13.5. The summed E-state index contributed by atoms with van der Waals surface area (Å²) in [6.45, 7) is 1.26. The van der Waals surface area contributed by atoms with Gasteiger partial charge in [-0.25, -0.2) is 0 Å². The van der Waals surface area contributed by atoms with E-state index in [-0.39, 0.29) is 11.2 Å². The largest absolute Gasteiger partial charge is 0.380 e. The first kappa shape index (κ1) is 11.5. The molecule has 0 bridgehead atoms. The Morgan fingerprint density at radius 3 is 3.00 bits per heavy atom. The van der Waals surface area contributed by atoms with E-state index in [1.807, 2.05) is 24.3 Å². The summed E-state index contributed by atoms with van der Waals surface area (Å²) in [6.07, 6.45) is 0.525. The maximum absolute atomic E-state index is 11.7. The second kappa shape index (κ2) is 4.89. The minimum Gasteiger partial charge on any atom is -0.380 e. The summed E-state index contributed by atoms with van der Waals surface area (Å²) in [5.74, 6) is 0.148. The Balaban J connectivity index is 2.20. The van der Waals surface area contributed by atoms with Crippen molar-refractivity contribution < 1.29 is 9.53 Å². The van der Waals surface area contributed by atoms with Crippen molar-refractivity contribution in [3.63, 3.8) is 0 Å². The monoisotopic (exact) mass is 237 g/mol. The van der Waals surface area contributed by atoms with Gasteiger partial charge in [0.1, 0.15) is 0 Å². The highest BCUT2D eigenvalue weighted by Gasteiger charge is 2.28. The molecule has 0 radical (unpaired) electrons. The number of carbonyl (C=O) groups is 1. The van der Waals surface area contributed by atoms with E-state index in [0.717, 1.165) is 11.3 Å². The molecular formula is C12H15NO2S. The second-order valence-electron chi connectivity index (χ2n) is 3.97. The molecule has 0 N–H and O–H groups in total. The summed E-state index contributed by atoms with van der Waals surface area (Å²) in [7, 11) is 1.66. The molecule has 2 rings (SSSR count). The van der Waals surface area contributed by atoms with Crippen LogP contribution in [0.4, 0.5) is 5.69 Å². The first-order valence-corrected chi connectivity index (χ1v) is 5.78. The number of benzene rings is 1. The fourth-order valence-corrected chi connectivity index (χ4v) is 2.24. The first-order valence-electron chi connectivity index (χ1n) is 5.27. The molecule has 1 fully saturated rings. The lowest BCUT2D eigenvalue weighted by Crippen LogP contribution is -2.24. The van der Waals surface area contributed by atoms with Gasteiger partial charge >= 0.3 is 0 Å². The smallest absolute Gasteiger partial charge is 0.228 e. The maximum atomic E-state index is 11.7. The van der Waals surface area contributed by atoms with Gasteiger partial charge in [-0.2, -0.15) is 12.6 Å². The number of nitrogens with zero attached hydrogens (tertiary/aromatic N) is 1. The molecule has 1 amide bonds. The van der Waals surface area contributed by atoms with Crippen LogP contribution in [-0.4, -0.2) is 24.8 Å². The van der Waals surface area contributed by atoms with Crippen LogP contribution in [0.25, 0.3) is 0 Å². The van der Waals surface area contributed by atoms with Gasteiger partial charge in [-0.15, -0.1) is 0 Å². The Bertz CT molecular complexity index is 394. The highest BCUT2D eigenvalue weighted by Crippen LogP contribution is 2.24. The van der Waals surface area contributed by atoms with Crippen LogP contribution in [0.15, 0.2) is 24.3 Å². The lowest BCUT2D eigenvalue weighted by Gasteiger charge is -2.16. The Morgan fingerprint density at radius 2 is 2.38 bits per heavy atom. The fourth-order valence-electron chi connectivity index (χ4n) is 1.92. The van der Waals surface area contributed by atoms with Crippen LogP contribution in [-0.2, 0) is 16.1 Å².